The van der Waals surface area contributed by atoms with Crippen LogP contribution in [0.3, 0.4) is 0 Å². The molecule has 1 saturated carbocycles. The first-order valence-electron chi connectivity index (χ1n) is 10.8. The van der Waals surface area contributed by atoms with Crippen molar-refractivity contribution in [3.63, 3.8) is 0 Å². The van der Waals surface area contributed by atoms with Crippen LogP contribution in [0.5, 0.6) is 0 Å². The first-order valence-corrected chi connectivity index (χ1v) is 10.8. The van der Waals surface area contributed by atoms with Gasteiger partial charge in [-0.05, 0) is 76.7 Å². The van der Waals surface area contributed by atoms with Crippen LogP contribution in [0, 0.1) is 5.92 Å². The van der Waals surface area contributed by atoms with Gasteiger partial charge in [-0.2, -0.15) is 5.10 Å². The molecule has 1 aromatic heterocycles. The smallest absolute Gasteiger partial charge is 0.266 e. The summed E-state index contributed by atoms with van der Waals surface area (Å²) in [4.78, 5) is 17.4. The van der Waals surface area contributed by atoms with Gasteiger partial charge in [0, 0.05) is 31.6 Å². The van der Waals surface area contributed by atoms with E-state index in [0.29, 0.717) is 11.8 Å². The summed E-state index contributed by atoms with van der Waals surface area (Å²) in [5.41, 5.74) is 1.19. The predicted octanol–water partition coefficient (Wildman–Crippen LogP) is 2.71. The van der Waals surface area contributed by atoms with E-state index >= 15 is 0 Å². The minimum Gasteiger partial charge on any atom is -0.302 e. The zero-order chi connectivity index (χ0) is 17.8. The minimum absolute atomic E-state index is 0.0676. The summed E-state index contributed by atoms with van der Waals surface area (Å²) in [5.74, 6) is 1.21. The predicted molar refractivity (Wildman–Crippen MR) is 105 cm³/mol. The van der Waals surface area contributed by atoms with Gasteiger partial charge in [-0.1, -0.05) is 12.8 Å². The lowest BCUT2D eigenvalue weighted by Gasteiger charge is -2.33. The summed E-state index contributed by atoms with van der Waals surface area (Å²) in [5, 5.41) is 4.64. The van der Waals surface area contributed by atoms with Crippen LogP contribution in [-0.4, -0.2) is 58.8 Å². The van der Waals surface area contributed by atoms with Gasteiger partial charge in [0.05, 0.1) is 5.69 Å². The monoisotopic (exact) mass is 358 g/mol. The van der Waals surface area contributed by atoms with E-state index in [2.05, 4.69) is 14.9 Å². The molecule has 144 valence electrons. The van der Waals surface area contributed by atoms with Crippen LogP contribution < -0.4 is 5.56 Å². The molecule has 0 amide bonds. The summed E-state index contributed by atoms with van der Waals surface area (Å²) in [6, 6.07) is 3.65. The first kappa shape index (κ1) is 18.2. The van der Waals surface area contributed by atoms with E-state index in [-0.39, 0.29) is 5.56 Å². The molecule has 1 aliphatic carbocycles. The van der Waals surface area contributed by atoms with Gasteiger partial charge in [-0.25, -0.2) is 4.68 Å². The Hall–Kier alpha value is -1.20. The molecule has 5 nitrogen and oxygen atoms in total. The minimum atomic E-state index is 0.0676. The van der Waals surface area contributed by atoms with Gasteiger partial charge in [0.25, 0.3) is 5.56 Å². The Morgan fingerprint density at radius 3 is 2.15 bits per heavy atom. The van der Waals surface area contributed by atoms with Crippen LogP contribution >= 0.6 is 0 Å². The highest BCUT2D eigenvalue weighted by atomic mass is 16.1. The maximum Gasteiger partial charge on any atom is 0.266 e. The SMILES string of the molecule is O=c1ccc(C2CC2)nn1CC1CCN(CCN2CCCCCC2)CC1. The van der Waals surface area contributed by atoms with E-state index < -0.39 is 0 Å². The van der Waals surface area contributed by atoms with Gasteiger partial charge in [0.15, 0.2) is 0 Å². The number of piperidine rings is 1. The van der Waals surface area contributed by atoms with Gasteiger partial charge < -0.3 is 9.80 Å². The Morgan fingerprint density at radius 2 is 1.50 bits per heavy atom. The molecular formula is C21H34N4O. The number of likely N-dealkylation sites (tertiary alicyclic amines) is 2. The lowest BCUT2D eigenvalue weighted by Crippen LogP contribution is -2.41. The van der Waals surface area contributed by atoms with E-state index in [4.69, 9.17) is 0 Å². The third kappa shape index (κ3) is 4.95. The van der Waals surface area contributed by atoms with Crippen molar-refractivity contribution in [2.45, 2.75) is 63.8 Å². The van der Waals surface area contributed by atoms with Gasteiger partial charge in [0.2, 0.25) is 0 Å². The zero-order valence-electron chi connectivity index (χ0n) is 16.1. The van der Waals surface area contributed by atoms with Crippen molar-refractivity contribution >= 4 is 0 Å². The topological polar surface area (TPSA) is 41.4 Å². The van der Waals surface area contributed by atoms with Crippen LogP contribution in [0.2, 0.25) is 0 Å². The van der Waals surface area contributed by atoms with Crippen molar-refractivity contribution in [3.05, 3.63) is 28.2 Å². The molecule has 3 heterocycles. The quantitative estimate of drug-likeness (QED) is 0.784. The molecule has 0 aromatic carbocycles. The van der Waals surface area contributed by atoms with E-state index in [1.807, 2.05) is 6.07 Å². The van der Waals surface area contributed by atoms with E-state index in [9.17, 15) is 4.79 Å². The van der Waals surface area contributed by atoms with E-state index in [1.54, 1.807) is 10.7 Å². The lowest BCUT2D eigenvalue weighted by molar-refractivity contribution is 0.147. The highest BCUT2D eigenvalue weighted by Crippen LogP contribution is 2.38. The first-order chi connectivity index (χ1) is 12.8. The molecule has 3 aliphatic rings. The number of nitrogens with zero attached hydrogens (tertiary/aromatic N) is 4. The summed E-state index contributed by atoms with van der Waals surface area (Å²) in [6.45, 7) is 8.19. The molecule has 5 heteroatoms. The Morgan fingerprint density at radius 1 is 0.846 bits per heavy atom. The second-order valence-electron chi connectivity index (χ2n) is 8.59. The van der Waals surface area contributed by atoms with E-state index in [1.165, 1.54) is 90.6 Å². The van der Waals surface area contributed by atoms with Crippen molar-refractivity contribution in [3.8, 4) is 0 Å². The van der Waals surface area contributed by atoms with Crippen molar-refractivity contribution in [1.82, 2.24) is 19.6 Å². The van der Waals surface area contributed by atoms with Crippen LogP contribution in [0.4, 0.5) is 0 Å². The molecule has 0 N–H and O–H groups in total. The lowest BCUT2D eigenvalue weighted by atomic mass is 9.97. The van der Waals surface area contributed by atoms with Crippen LogP contribution in [-0.2, 0) is 6.54 Å². The summed E-state index contributed by atoms with van der Waals surface area (Å²) < 4.78 is 1.74. The summed E-state index contributed by atoms with van der Waals surface area (Å²) in [7, 11) is 0. The molecule has 3 fully saturated rings. The molecule has 0 atom stereocenters. The van der Waals surface area contributed by atoms with Crippen molar-refractivity contribution in [1.29, 1.82) is 0 Å². The van der Waals surface area contributed by atoms with Gasteiger partial charge >= 0.3 is 0 Å². The van der Waals surface area contributed by atoms with Crippen LogP contribution in [0.15, 0.2) is 16.9 Å². The van der Waals surface area contributed by atoms with Gasteiger partial charge in [-0.3, -0.25) is 4.79 Å². The number of aromatic nitrogens is 2. The van der Waals surface area contributed by atoms with Crippen molar-refractivity contribution in [2.75, 3.05) is 39.3 Å². The summed E-state index contributed by atoms with van der Waals surface area (Å²) in [6.07, 6.45) is 10.5. The van der Waals surface area contributed by atoms with Crippen LogP contribution in [0.25, 0.3) is 0 Å². The summed E-state index contributed by atoms with van der Waals surface area (Å²) >= 11 is 0. The maximum atomic E-state index is 12.1. The average Bonchev–Trinajstić information content (AvgIpc) is 3.50. The fourth-order valence-corrected chi connectivity index (χ4v) is 4.47. The van der Waals surface area contributed by atoms with Crippen molar-refractivity contribution in [2.24, 2.45) is 5.92 Å². The normalized spacial score (nSPS) is 23.8. The highest BCUT2D eigenvalue weighted by Gasteiger charge is 2.26. The fourth-order valence-electron chi connectivity index (χ4n) is 4.47. The molecule has 0 unspecified atom stereocenters. The Kier molecular flexibility index (Phi) is 6.05. The maximum absolute atomic E-state index is 12.1. The molecule has 2 aliphatic heterocycles. The zero-order valence-corrected chi connectivity index (χ0v) is 16.1. The third-order valence-corrected chi connectivity index (χ3v) is 6.45. The Balaban J connectivity index is 1.22. The second-order valence-corrected chi connectivity index (χ2v) is 8.59. The van der Waals surface area contributed by atoms with Gasteiger partial charge in [-0.15, -0.1) is 0 Å². The Bertz CT molecular complexity index is 623. The van der Waals surface area contributed by atoms with Crippen LogP contribution in [0.1, 0.15) is 63.0 Å². The molecule has 0 bridgehead atoms. The van der Waals surface area contributed by atoms with E-state index in [0.717, 1.165) is 12.2 Å². The van der Waals surface area contributed by atoms with Gasteiger partial charge in [0.1, 0.15) is 0 Å². The molecular weight excluding hydrogens is 324 g/mol. The fraction of sp³-hybridized carbons (Fsp3) is 0.810. The van der Waals surface area contributed by atoms with Crippen molar-refractivity contribution < 1.29 is 0 Å². The molecule has 2 saturated heterocycles. The number of hydrogen-bond acceptors (Lipinski definition) is 4. The molecule has 26 heavy (non-hydrogen) atoms. The molecule has 0 radical (unpaired) electrons. The third-order valence-electron chi connectivity index (χ3n) is 6.45. The number of rotatable bonds is 6. The number of hydrogen-bond donors (Lipinski definition) is 0. The molecule has 1 aromatic rings. The average molecular weight is 359 g/mol. The molecule has 0 spiro atoms. The standard InChI is InChI=1S/C21H34N4O/c26-21-8-7-20(19-5-6-19)22-25(21)17-18-9-13-24(14-10-18)16-15-23-11-3-1-2-4-12-23/h7-8,18-19H,1-6,9-17H2. The molecule has 4 rings (SSSR count). The highest BCUT2D eigenvalue weighted by molar-refractivity contribution is 5.12. The Labute approximate surface area is 157 Å². The largest absolute Gasteiger partial charge is 0.302 e. The second kappa shape index (κ2) is 8.66.